The highest BCUT2D eigenvalue weighted by Crippen LogP contribution is 2.28. The minimum atomic E-state index is -0.503. The van der Waals surface area contributed by atoms with E-state index in [1.165, 1.54) is 0 Å². The van der Waals surface area contributed by atoms with Crippen molar-refractivity contribution in [3.05, 3.63) is 28.8 Å². The monoisotopic (exact) mass is 238 g/mol. The van der Waals surface area contributed by atoms with Crippen LogP contribution in [0.4, 0.5) is 0 Å². The molecule has 0 bridgehead atoms. The van der Waals surface area contributed by atoms with Crippen molar-refractivity contribution in [2.45, 2.75) is 39.7 Å². The fraction of sp³-hybridized carbons (Fsp3) is 0.571. The van der Waals surface area contributed by atoms with Crippen LogP contribution in [-0.2, 0) is 0 Å². The highest BCUT2D eigenvalue weighted by atomic mass is 16.5. The molecule has 0 amide bonds. The number of aryl methyl sites for hydroxylation is 2. The Hall–Kier alpha value is -1.06. The van der Waals surface area contributed by atoms with Crippen LogP contribution >= 0.6 is 0 Å². The maximum Gasteiger partial charge on any atom is 0.122 e. The second-order valence-corrected chi connectivity index (χ2v) is 4.29. The molecule has 2 N–H and O–H groups in total. The maximum absolute atomic E-state index is 10.0. The smallest absolute Gasteiger partial charge is 0.122 e. The van der Waals surface area contributed by atoms with Gasteiger partial charge in [0.15, 0.2) is 0 Å². The summed E-state index contributed by atoms with van der Waals surface area (Å²) in [5, 5.41) is 18.8. The molecule has 3 heteroatoms. The van der Waals surface area contributed by atoms with Crippen LogP contribution in [0.15, 0.2) is 12.1 Å². The summed E-state index contributed by atoms with van der Waals surface area (Å²) in [6, 6.07) is 3.94. The summed E-state index contributed by atoms with van der Waals surface area (Å²) >= 11 is 0. The van der Waals surface area contributed by atoms with E-state index < -0.39 is 6.10 Å². The molecule has 0 radical (unpaired) electrons. The first kappa shape index (κ1) is 14.0. The van der Waals surface area contributed by atoms with Crippen LogP contribution in [0.5, 0.6) is 5.75 Å². The Kier molecular flexibility index (Phi) is 5.45. The number of rotatable bonds is 6. The van der Waals surface area contributed by atoms with E-state index in [4.69, 9.17) is 9.84 Å². The minimum absolute atomic E-state index is 0.117. The summed E-state index contributed by atoms with van der Waals surface area (Å²) in [5.41, 5.74) is 3.00. The minimum Gasteiger partial charge on any atom is -0.494 e. The van der Waals surface area contributed by atoms with Gasteiger partial charge in [-0.2, -0.15) is 0 Å². The first-order chi connectivity index (χ1) is 8.10. The molecule has 0 heterocycles. The van der Waals surface area contributed by atoms with Crippen LogP contribution < -0.4 is 4.74 Å². The average Bonchev–Trinajstić information content (AvgIpc) is 2.30. The fourth-order valence-electron chi connectivity index (χ4n) is 1.92. The molecular weight excluding hydrogens is 216 g/mol. The molecule has 0 saturated heterocycles. The lowest BCUT2D eigenvalue weighted by atomic mass is 9.97. The third kappa shape index (κ3) is 3.72. The van der Waals surface area contributed by atoms with Crippen LogP contribution in [0, 0.1) is 13.8 Å². The lowest BCUT2D eigenvalue weighted by Crippen LogP contribution is -2.03. The highest BCUT2D eigenvalue weighted by Gasteiger charge is 2.12. The highest BCUT2D eigenvalue weighted by molar-refractivity contribution is 5.42. The summed E-state index contributed by atoms with van der Waals surface area (Å²) in [5.74, 6) is 0.878. The van der Waals surface area contributed by atoms with E-state index in [1.807, 2.05) is 32.9 Å². The van der Waals surface area contributed by atoms with Gasteiger partial charge >= 0.3 is 0 Å². The van der Waals surface area contributed by atoms with Crippen LogP contribution in [-0.4, -0.2) is 23.4 Å². The van der Waals surface area contributed by atoms with Crippen LogP contribution in [0.2, 0.25) is 0 Å². The second-order valence-electron chi connectivity index (χ2n) is 4.29. The summed E-state index contributed by atoms with van der Waals surface area (Å²) in [4.78, 5) is 0. The second kappa shape index (κ2) is 6.62. The molecular formula is C14H22O3. The number of aliphatic hydroxyl groups is 2. The molecule has 0 aliphatic rings. The number of ether oxygens (including phenoxy) is 1. The molecule has 0 aliphatic carbocycles. The third-order valence-electron chi connectivity index (χ3n) is 2.86. The Morgan fingerprint density at radius 1 is 1.24 bits per heavy atom. The van der Waals surface area contributed by atoms with Crippen LogP contribution in [0.3, 0.4) is 0 Å². The van der Waals surface area contributed by atoms with E-state index in [0.29, 0.717) is 19.4 Å². The van der Waals surface area contributed by atoms with Gasteiger partial charge in [-0.1, -0.05) is 0 Å². The van der Waals surface area contributed by atoms with Gasteiger partial charge in [-0.05, 0) is 62.4 Å². The van der Waals surface area contributed by atoms with Crippen molar-refractivity contribution in [2.24, 2.45) is 0 Å². The predicted molar refractivity (Wildman–Crippen MR) is 68.4 cm³/mol. The topological polar surface area (TPSA) is 49.7 Å². The Morgan fingerprint density at radius 3 is 2.53 bits per heavy atom. The molecule has 1 unspecified atom stereocenters. The van der Waals surface area contributed by atoms with Crippen molar-refractivity contribution in [3.8, 4) is 5.75 Å². The zero-order valence-corrected chi connectivity index (χ0v) is 10.9. The largest absolute Gasteiger partial charge is 0.494 e. The predicted octanol–water partition coefficient (Wildman–Crippen LogP) is 2.51. The lowest BCUT2D eigenvalue weighted by Gasteiger charge is -2.16. The number of aliphatic hydroxyl groups excluding tert-OH is 2. The third-order valence-corrected chi connectivity index (χ3v) is 2.86. The maximum atomic E-state index is 10.0. The number of hydrogen-bond acceptors (Lipinski definition) is 3. The standard InChI is InChI=1S/C14H22O3/c1-4-17-14-9-10(2)12(8-11(14)3)13(16)6-5-7-15/h8-9,13,15-16H,4-7H2,1-3H3. The molecule has 1 atom stereocenters. The Morgan fingerprint density at radius 2 is 1.94 bits per heavy atom. The van der Waals surface area contributed by atoms with Gasteiger partial charge in [0.05, 0.1) is 12.7 Å². The molecule has 0 aromatic heterocycles. The van der Waals surface area contributed by atoms with Crippen molar-refractivity contribution in [1.82, 2.24) is 0 Å². The Bertz CT molecular complexity index is 361. The van der Waals surface area contributed by atoms with Crippen molar-refractivity contribution in [1.29, 1.82) is 0 Å². The molecule has 17 heavy (non-hydrogen) atoms. The lowest BCUT2D eigenvalue weighted by molar-refractivity contribution is 0.151. The average molecular weight is 238 g/mol. The van der Waals surface area contributed by atoms with Crippen molar-refractivity contribution >= 4 is 0 Å². The zero-order valence-electron chi connectivity index (χ0n) is 10.9. The van der Waals surface area contributed by atoms with E-state index in [1.54, 1.807) is 0 Å². The van der Waals surface area contributed by atoms with E-state index in [-0.39, 0.29) is 6.61 Å². The normalized spacial score (nSPS) is 12.5. The van der Waals surface area contributed by atoms with Gasteiger partial charge in [-0.15, -0.1) is 0 Å². The molecule has 0 fully saturated rings. The van der Waals surface area contributed by atoms with Gasteiger partial charge in [-0.25, -0.2) is 0 Å². The molecule has 0 aliphatic heterocycles. The van der Waals surface area contributed by atoms with Gasteiger partial charge in [0.25, 0.3) is 0 Å². The van der Waals surface area contributed by atoms with Gasteiger partial charge in [-0.3, -0.25) is 0 Å². The van der Waals surface area contributed by atoms with Crippen LogP contribution in [0.25, 0.3) is 0 Å². The summed E-state index contributed by atoms with van der Waals surface area (Å²) < 4.78 is 5.51. The van der Waals surface area contributed by atoms with Gasteiger partial charge in [0, 0.05) is 6.61 Å². The Labute approximate surface area is 103 Å². The van der Waals surface area contributed by atoms with E-state index >= 15 is 0 Å². The van der Waals surface area contributed by atoms with Crippen LogP contribution in [0.1, 0.15) is 42.6 Å². The summed E-state index contributed by atoms with van der Waals surface area (Å²) in [6.45, 7) is 6.67. The molecule has 1 aromatic carbocycles. The van der Waals surface area contributed by atoms with Crippen molar-refractivity contribution in [3.63, 3.8) is 0 Å². The Balaban J connectivity index is 2.90. The number of hydrogen-bond donors (Lipinski definition) is 2. The quantitative estimate of drug-likeness (QED) is 0.800. The van der Waals surface area contributed by atoms with E-state index in [9.17, 15) is 5.11 Å². The summed E-state index contributed by atoms with van der Waals surface area (Å²) in [7, 11) is 0. The molecule has 96 valence electrons. The number of benzene rings is 1. The van der Waals surface area contributed by atoms with Gasteiger partial charge < -0.3 is 14.9 Å². The summed E-state index contributed by atoms with van der Waals surface area (Å²) in [6.07, 6.45) is 0.703. The molecule has 3 nitrogen and oxygen atoms in total. The SMILES string of the molecule is CCOc1cc(C)c(C(O)CCCO)cc1C. The van der Waals surface area contributed by atoms with Crippen molar-refractivity contribution < 1.29 is 14.9 Å². The van der Waals surface area contributed by atoms with Gasteiger partial charge in [0.1, 0.15) is 5.75 Å². The van der Waals surface area contributed by atoms with E-state index in [2.05, 4.69) is 0 Å². The zero-order chi connectivity index (χ0) is 12.8. The van der Waals surface area contributed by atoms with Crippen molar-refractivity contribution in [2.75, 3.05) is 13.2 Å². The molecule has 0 spiro atoms. The molecule has 1 aromatic rings. The molecule has 0 saturated carbocycles. The first-order valence-corrected chi connectivity index (χ1v) is 6.13. The van der Waals surface area contributed by atoms with E-state index in [0.717, 1.165) is 22.4 Å². The van der Waals surface area contributed by atoms with Gasteiger partial charge in [0.2, 0.25) is 0 Å². The first-order valence-electron chi connectivity index (χ1n) is 6.13. The molecule has 1 rings (SSSR count). The fourth-order valence-corrected chi connectivity index (χ4v) is 1.92.